The Bertz CT molecular complexity index is 1940. The highest BCUT2D eigenvalue weighted by atomic mass is 35.5. The molecule has 208 valence electrons. The fourth-order valence-electron chi connectivity index (χ4n) is 4.37. The number of thiophene rings is 1. The van der Waals surface area contributed by atoms with E-state index in [1.165, 1.54) is 15.9 Å². The molecule has 5 aromatic rings. The Morgan fingerprint density at radius 2 is 2.00 bits per heavy atom. The quantitative estimate of drug-likeness (QED) is 0.172. The van der Waals surface area contributed by atoms with E-state index in [0.29, 0.717) is 33.2 Å². The Morgan fingerprint density at radius 1 is 1.22 bits per heavy atom. The molecule has 0 radical (unpaired) electrons. The lowest BCUT2D eigenvalue weighted by molar-refractivity contribution is 0.00721. The minimum absolute atomic E-state index is 0.0554. The summed E-state index contributed by atoms with van der Waals surface area (Å²) in [7, 11) is 0. The topological polar surface area (TPSA) is 120 Å². The lowest BCUT2D eigenvalue weighted by Crippen LogP contribution is -2.27. The molecule has 0 unspecified atom stereocenters. The van der Waals surface area contributed by atoms with Crippen LogP contribution in [0.2, 0.25) is 5.02 Å². The van der Waals surface area contributed by atoms with Gasteiger partial charge in [0.05, 0.1) is 39.4 Å². The maximum absolute atomic E-state index is 14.1. The van der Waals surface area contributed by atoms with Crippen molar-refractivity contribution < 1.29 is 18.7 Å². The van der Waals surface area contributed by atoms with Crippen LogP contribution in [0.25, 0.3) is 32.2 Å². The van der Waals surface area contributed by atoms with E-state index in [9.17, 15) is 19.2 Å². The summed E-state index contributed by atoms with van der Waals surface area (Å²) in [6, 6.07) is 8.67. The van der Waals surface area contributed by atoms with Crippen molar-refractivity contribution in [3.8, 4) is 22.9 Å². The molecule has 0 aliphatic carbocycles. The van der Waals surface area contributed by atoms with Crippen molar-refractivity contribution >= 4 is 50.0 Å². The Kier molecular flexibility index (Phi) is 7.46. The van der Waals surface area contributed by atoms with Crippen molar-refractivity contribution in [2.24, 2.45) is 0 Å². The number of nitriles is 1. The highest BCUT2D eigenvalue weighted by Crippen LogP contribution is 2.40. The first-order valence-corrected chi connectivity index (χ1v) is 13.7. The zero-order valence-electron chi connectivity index (χ0n) is 22.5. The van der Waals surface area contributed by atoms with E-state index in [1.807, 2.05) is 6.07 Å². The number of nitrogens with zero attached hydrogens (tertiary/aromatic N) is 5. The van der Waals surface area contributed by atoms with Crippen LogP contribution < -0.4 is 10.3 Å². The van der Waals surface area contributed by atoms with Gasteiger partial charge in [0.25, 0.3) is 5.56 Å². The monoisotopic (exact) mass is 591 g/mol. The fraction of sp³-hybridized carbons (Fsp3) is 0.241. The molecule has 12 heteroatoms. The lowest BCUT2D eigenvalue weighted by atomic mass is 10.0. The van der Waals surface area contributed by atoms with Crippen LogP contribution in [0.4, 0.5) is 4.39 Å². The molecular formula is C29H23ClFN5O4S. The number of aryl methyl sites for hydroxylation is 1. The number of halogens is 2. The van der Waals surface area contributed by atoms with Gasteiger partial charge in [0, 0.05) is 27.7 Å². The third-order valence-electron chi connectivity index (χ3n) is 6.13. The van der Waals surface area contributed by atoms with Gasteiger partial charge in [-0.05, 0) is 52.0 Å². The number of fused-ring (bicyclic) bond motifs is 2. The van der Waals surface area contributed by atoms with Gasteiger partial charge in [-0.3, -0.25) is 14.3 Å². The molecule has 0 amide bonds. The summed E-state index contributed by atoms with van der Waals surface area (Å²) in [4.78, 5) is 38.3. The van der Waals surface area contributed by atoms with E-state index in [-0.39, 0.29) is 24.1 Å². The summed E-state index contributed by atoms with van der Waals surface area (Å²) >= 11 is 7.71. The number of hydrogen-bond donors (Lipinski definition) is 0. The predicted octanol–water partition coefficient (Wildman–Crippen LogP) is 6.08. The van der Waals surface area contributed by atoms with Crippen molar-refractivity contribution in [3.63, 3.8) is 0 Å². The first kappa shape index (κ1) is 28.1. The largest absolute Gasteiger partial charge is 0.491 e. The van der Waals surface area contributed by atoms with Gasteiger partial charge < -0.3 is 9.47 Å². The third kappa shape index (κ3) is 5.49. The summed E-state index contributed by atoms with van der Waals surface area (Å²) in [6.07, 6.45) is 2.74. The molecule has 0 spiro atoms. The number of carbonyl (C=O) groups excluding carboxylic acids is 1. The Balaban J connectivity index is 1.47. The average molecular weight is 592 g/mol. The van der Waals surface area contributed by atoms with Gasteiger partial charge in [0.1, 0.15) is 35.4 Å². The van der Waals surface area contributed by atoms with Gasteiger partial charge in [-0.15, -0.1) is 11.3 Å². The number of pyridine rings is 2. The number of carbonyl (C=O) groups is 1. The van der Waals surface area contributed by atoms with Crippen LogP contribution in [0.15, 0.2) is 46.8 Å². The Labute approximate surface area is 242 Å². The zero-order chi connectivity index (χ0) is 29.5. The average Bonchev–Trinajstić information content (AvgIpc) is 3.35. The minimum atomic E-state index is -1.02. The second kappa shape index (κ2) is 10.9. The third-order valence-corrected chi connectivity index (χ3v) is 7.37. The highest BCUT2D eigenvalue weighted by Gasteiger charge is 2.23. The van der Waals surface area contributed by atoms with Crippen LogP contribution in [0.5, 0.6) is 5.75 Å². The van der Waals surface area contributed by atoms with E-state index in [1.54, 1.807) is 63.5 Å². The number of rotatable bonds is 6. The highest BCUT2D eigenvalue weighted by molar-refractivity contribution is 7.18. The molecule has 0 aliphatic heterocycles. The van der Waals surface area contributed by atoms with Gasteiger partial charge in [0.2, 0.25) is 5.95 Å². The molecule has 4 aromatic heterocycles. The minimum Gasteiger partial charge on any atom is -0.491 e. The number of esters is 1. The Morgan fingerprint density at radius 3 is 2.73 bits per heavy atom. The maximum Gasteiger partial charge on any atom is 0.341 e. The molecule has 5 rings (SSSR count). The van der Waals surface area contributed by atoms with Gasteiger partial charge in [-0.1, -0.05) is 11.6 Å². The number of benzene rings is 1. The summed E-state index contributed by atoms with van der Waals surface area (Å²) in [5.74, 6) is -0.634. The molecule has 0 saturated carbocycles. The normalized spacial score (nSPS) is 11.5. The van der Waals surface area contributed by atoms with Crippen molar-refractivity contribution in [2.45, 2.75) is 39.8 Å². The smallest absolute Gasteiger partial charge is 0.341 e. The molecule has 0 fully saturated rings. The van der Waals surface area contributed by atoms with Crippen LogP contribution in [0.3, 0.4) is 0 Å². The molecule has 1 aromatic carbocycles. The molecule has 0 aliphatic rings. The number of aromatic nitrogens is 4. The van der Waals surface area contributed by atoms with Crippen LogP contribution in [-0.4, -0.2) is 37.7 Å². The van der Waals surface area contributed by atoms with Crippen LogP contribution in [-0.2, 0) is 11.3 Å². The summed E-state index contributed by atoms with van der Waals surface area (Å²) in [6.45, 7) is 7.18. The van der Waals surface area contributed by atoms with Crippen LogP contribution in [0, 0.1) is 24.2 Å². The van der Waals surface area contributed by atoms with Gasteiger partial charge in [-0.2, -0.15) is 9.65 Å². The van der Waals surface area contributed by atoms with Crippen molar-refractivity contribution in [1.29, 1.82) is 5.26 Å². The van der Waals surface area contributed by atoms with Crippen LogP contribution in [0.1, 0.15) is 42.5 Å². The van der Waals surface area contributed by atoms with E-state index in [2.05, 4.69) is 15.0 Å². The zero-order valence-corrected chi connectivity index (χ0v) is 24.1. The van der Waals surface area contributed by atoms with E-state index < -0.39 is 28.6 Å². The summed E-state index contributed by atoms with van der Waals surface area (Å²) < 4.78 is 27.8. The summed E-state index contributed by atoms with van der Waals surface area (Å²) in [5, 5.41) is 11.4. The molecule has 0 bridgehead atoms. The van der Waals surface area contributed by atoms with Gasteiger partial charge >= 0.3 is 5.97 Å². The van der Waals surface area contributed by atoms with Crippen molar-refractivity contribution in [3.05, 3.63) is 80.3 Å². The standard InChI is InChI=1S/C29H23ClFN5O4S/c1-15-35-21-13-34-26(31)19(12-32)23(21)27(37)36(15)9-10-39-22-6-5-16(30)11-18(22)17-7-8-33-24-20(14-41-25(17)24)28(38)40-29(2,3)4/h5-8,11,13-14H,9-10H2,1-4H3. The summed E-state index contributed by atoms with van der Waals surface area (Å²) in [5.41, 5.74) is 0.788. The fourth-order valence-corrected chi connectivity index (χ4v) is 5.56. The molecule has 0 atom stereocenters. The Hall–Kier alpha value is -4.40. The van der Waals surface area contributed by atoms with Crippen molar-refractivity contribution in [1.82, 2.24) is 19.5 Å². The maximum atomic E-state index is 14.1. The second-order valence-corrected chi connectivity index (χ2v) is 11.4. The molecule has 41 heavy (non-hydrogen) atoms. The molecule has 0 saturated heterocycles. The first-order chi connectivity index (χ1) is 19.5. The predicted molar refractivity (Wildman–Crippen MR) is 154 cm³/mol. The second-order valence-electron chi connectivity index (χ2n) is 10.1. The molecule has 9 nitrogen and oxygen atoms in total. The van der Waals surface area contributed by atoms with Crippen LogP contribution >= 0.6 is 22.9 Å². The molecule has 0 N–H and O–H groups in total. The first-order valence-electron chi connectivity index (χ1n) is 12.5. The van der Waals surface area contributed by atoms with E-state index in [4.69, 9.17) is 21.1 Å². The molecular weight excluding hydrogens is 569 g/mol. The lowest BCUT2D eigenvalue weighted by Gasteiger charge is -2.19. The van der Waals surface area contributed by atoms with Gasteiger partial charge in [-0.25, -0.2) is 14.8 Å². The van der Waals surface area contributed by atoms with E-state index >= 15 is 0 Å². The van der Waals surface area contributed by atoms with Gasteiger partial charge in [0.15, 0.2) is 0 Å². The number of hydrogen-bond acceptors (Lipinski definition) is 9. The SMILES string of the molecule is Cc1nc2cnc(F)c(C#N)c2c(=O)n1CCOc1ccc(Cl)cc1-c1ccnc2c(C(=O)OC(C)(C)C)csc12. The van der Waals surface area contributed by atoms with E-state index in [0.717, 1.165) is 16.5 Å². The molecule has 4 heterocycles. The number of ether oxygens (including phenoxy) is 2. The van der Waals surface area contributed by atoms with Crippen molar-refractivity contribution in [2.75, 3.05) is 6.61 Å².